The number of rotatable bonds is 1. The first-order valence-corrected chi connectivity index (χ1v) is 5.88. The van der Waals surface area contributed by atoms with Gasteiger partial charge in [-0.15, -0.1) is 0 Å². The molecule has 2 aromatic heterocycles. The average molecular weight is 276 g/mol. The Kier molecular flexibility index (Phi) is 2.63. The first kappa shape index (κ1) is 12.5. The summed E-state index contributed by atoms with van der Waals surface area (Å²) in [4.78, 5) is 16.5. The molecule has 5 nitrogen and oxygen atoms in total. The third-order valence-corrected chi connectivity index (χ3v) is 3.00. The lowest BCUT2D eigenvalue weighted by Crippen LogP contribution is -2.23. The lowest BCUT2D eigenvalue weighted by Gasteiger charge is -2.08. The van der Waals surface area contributed by atoms with Crippen LogP contribution in [0.25, 0.3) is 16.7 Å². The fourth-order valence-corrected chi connectivity index (χ4v) is 2.08. The fourth-order valence-electron chi connectivity index (χ4n) is 2.08. The molecule has 3 rings (SSSR count). The van der Waals surface area contributed by atoms with Gasteiger partial charge in [0.25, 0.3) is 5.56 Å². The molecule has 1 aromatic carbocycles. The first-order valence-electron chi connectivity index (χ1n) is 5.88. The van der Waals surface area contributed by atoms with Crippen molar-refractivity contribution >= 4 is 10.9 Å². The summed E-state index contributed by atoms with van der Waals surface area (Å²) in [6.45, 7) is 3.40. The molecular formula is C13H10F2N4O. The number of hydrogen-bond acceptors (Lipinski definition) is 3. The molecule has 0 spiro atoms. The highest BCUT2D eigenvalue weighted by Gasteiger charge is 2.14. The molecule has 3 aromatic rings. The molecule has 0 saturated carbocycles. The van der Waals surface area contributed by atoms with Crippen LogP contribution < -0.4 is 5.56 Å². The molecule has 20 heavy (non-hydrogen) atoms. The van der Waals surface area contributed by atoms with Gasteiger partial charge in [0.1, 0.15) is 5.82 Å². The molecule has 0 amide bonds. The molecule has 0 unspecified atom stereocenters. The van der Waals surface area contributed by atoms with Crippen molar-refractivity contribution in [3.8, 4) is 5.82 Å². The quantitative estimate of drug-likeness (QED) is 0.739. The maximum atomic E-state index is 13.3. The molecule has 1 N–H and O–H groups in total. The van der Waals surface area contributed by atoms with Crippen LogP contribution in [-0.2, 0) is 0 Å². The summed E-state index contributed by atoms with van der Waals surface area (Å²) in [5.74, 6) is -1.40. The summed E-state index contributed by atoms with van der Waals surface area (Å²) in [7, 11) is 0. The third-order valence-electron chi connectivity index (χ3n) is 3.00. The van der Waals surface area contributed by atoms with E-state index in [1.807, 2.05) is 0 Å². The predicted octanol–water partition coefficient (Wildman–Crippen LogP) is 2.00. The number of aromatic nitrogens is 4. The molecular weight excluding hydrogens is 266 g/mol. The Bertz CT molecular complexity index is 882. The molecule has 0 aliphatic rings. The largest absolute Gasteiger partial charge is 0.281 e. The minimum atomic E-state index is -1.08. The van der Waals surface area contributed by atoms with Crippen LogP contribution in [0, 0.1) is 25.5 Å². The summed E-state index contributed by atoms with van der Waals surface area (Å²) in [5, 5.41) is 6.71. The van der Waals surface area contributed by atoms with Gasteiger partial charge in [-0.25, -0.2) is 18.3 Å². The van der Waals surface area contributed by atoms with Crippen LogP contribution in [0.3, 0.4) is 0 Å². The second-order valence-electron chi connectivity index (χ2n) is 4.49. The van der Waals surface area contributed by atoms with Gasteiger partial charge < -0.3 is 0 Å². The van der Waals surface area contributed by atoms with Crippen LogP contribution in [0.5, 0.6) is 0 Å². The predicted molar refractivity (Wildman–Crippen MR) is 68.9 cm³/mol. The number of aromatic amines is 1. The lowest BCUT2D eigenvalue weighted by atomic mass is 10.2. The number of fused-ring (bicyclic) bond motifs is 1. The van der Waals surface area contributed by atoms with Gasteiger partial charge >= 0.3 is 0 Å². The van der Waals surface area contributed by atoms with E-state index in [-0.39, 0.29) is 10.9 Å². The summed E-state index contributed by atoms with van der Waals surface area (Å²) in [6.07, 6.45) is 0. The van der Waals surface area contributed by atoms with E-state index in [9.17, 15) is 13.6 Å². The average Bonchev–Trinajstić information content (AvgIpc) is 2.79. The van der Waals surface area contributed by atoms with E-state index in [1.54, 1.807) is 19.9 Å². The van der Waals surface area contributed by atoms with Gasteiger partial charge in [-0.3, -0.25) is 9.89 Å². The molecule has 0 atom stereocenters. The smallest absolute Gasteiger partial charge is 0.267 e. The monoisotopic (exact) mass is 276 g/mol. The van der Waals surface area contributed by atoms with Crippen LogP contribution in [0.15, 0.2) is 23.0 Å². The maximum absolute atomic E-state index is 13.3. The van der Waals surface area contributed by atoms with Crippen LogP contribution in [-0.4, -0.2) is 19.7 Å². The maximum Gasteiger partial charge on any atom is 0.267 e. The van der Waals surface area contributed by atoms with E-state index in [0.717, 1.165) is 17.8 Å². The van der Waals surface area contributed by atoms with Crippen molar-refractivity contribution in [2.45, 2.75) is 13.8 Å². The SMILES string of the molecule is Cc1cc(-n2c(C)nc3cc(F)c(F)cc3c2=O)n[nH]1. The normalized spacial score (nSPS) is 11.2. The number of benzene rings is 1. The zero-order valence-corrected chi connectivity index (χ0v) is 10.7. The molecule has 0 aliphatic carbocycles. The molecule has 0 aliphatic heterocycles. The van der Waals surface area contributed by atoms with Gasteiger partial charge in [-0.1, -0.05) is 0 Å². The number of halogens is 2. The molecule has 0 radical (unpaired) electrons. The second kappa shape index (κ2) is 4.22. The Hall–Kier alpha value is -2.57. The van der Waals surface area contributed by atoms with Crippen molar-refractivity contribution in [2.75, 3.05) is 0 Å². The Labute approximate surface area is 111 Å². The Morgan fingerprint density at radius 3 is 2.50 bits per heavy atom. The Morgan fingerprint density at radius 1 is 1.15 bits per heavy atom. The lowest BCUT2D eigenvalue weighted by molar-refractivity contribution is 0.510. The van der Waals surface area contributed by atoms with E-state index >= 15 is 0 Å². The molecule has 102 valence electrons. The van der Waals surface area contributed by atoms with E-state index in [0.29, 0.717) is 11.6 Å². The third kappa shape index (κ3) is 1.78. The summed E-state index contributed by atoms with van der Waals surface area (Å²) >= 11 is 0. The molecule has 2 heterocycles. The molecule has 0 bridgehead atoms. The van der Waals surface area contributed by atoms with Gasteiger partial charge in [-0.05, 0) is 19.9 Å². The van der Waals surface area contributed by atoms with Crippen molar-refractivity contribution in [1.29, 1.82) is 0 Å². The molecule has 0 saturated heterocycles. The fraction of sp³-hybridized carbons (Fsp3) is 0.154. The summed E-state index contributed by atoms with van der Waals surface area (Å²) in [5.41, 5.74) is 0.407. The molecule has 7 heteroatoms. The van der Waals surface area contributed by atoms with E-state index in [2.05, 4.69) is 15.2 Å². The van der Waals surface area contributed by atoms with Crippen LogP contribution in [0.4, 0.5) is 8.78 Å². The van der Waals surface area contributed by atoms with Crippen molar-refractivity contribution in [3.63, 3.8) is 0 Å². The number of hydrogen-bond donors (Lipinski definition) is 1. The van der Waals surface area contributed by atoms with Gasteiger partial charge in [0.15, 0.2) is 17.5 Å². The van der Waals surface area contributed by atoms with E-state index in [1.165, 1.54) is 4.57 Å². The highest BCUT2D eigenvalue weighted by molar-refractivity contribution is 5.78. The zero-order valence-electron chi connectivity index (χ0n) is 10.7. The molecule has 0 fully saturated rings. The van der Waals surface area contributed by atoms with Crippen molar-refractivity contribution in [2.24, 2.45) is 0 Å². The van der Waals surface area contributed by atoms with Gasteiger partial charge in [-0.2, -0.15) is 5.10 Å². The Morgan fingerprint density at radius 2 is 1.85 bits per heavy atom. The van der Waals surface area contributed by atoms with Gasteiger partial charge in [0, 0.05) is 17.8 Å². The highest BCUT2D eigenvalue weighted by Crippen LogP contribution is 2.15. The van der Waals surface area contributed by atoms with E-state index < -0.39 is 17.2 Å². The number of H-pyrrole nitrogens is 1. The standard InChI is InChI=1S/C13H10F2N4O/c1-6-3-12(18-17-6)19-7(2)16-11-5-10(15)9(14)4-8(11)13(19)20/h3-5H,1-2H3,(H,17,18). The first-order chi connectivity index (χ1) is 9.47. The number of aryl methyl sites for hydroxylation is 2. The van der Waals surface area contributed by atoms with Crippen LogP contribution in [0.2, 0.25) is 0 Å². The highest BCUT2D eigenvalue weighted by atomic mass is 19.2. The Balaban J connectivity index is 2.40. The van der Waals surface area contributed by atoms with E-state index in [4.69, 9.17) is 0 Å². The number of nitrogens with zero attached hydrogens (tertiary/aromatic N) is 3. The van der Waals surface area contributed by atoms with Crippen molar-refractivity contribution in [1.82, 2.24) is 19.7 Å². The van der Waals surface area contributed by atoms with Gasteiger partial charge in [0.05, 0.1) is 10.9 Å². The van der Waals surface area contributed by atoms with Gasteiger partial charge in [0.2, 0.25) is 0 Å². The topological polar surface area (TPSA) is 63.6 Å². The summed E-state index contributed by atoms with van der Waals surface area (Å²) in [6, 6.07) is 3.44. The van der Waals surface area contributed by atoms with Crippen LogP contribution >= 0.6 is 0 Å². The zero-order chi connectivity index (χ0) is 14.4. The van der Waals surface area contributed by atoms with Crippen LogP contribution in [0.1, 0.15) is 11.5 Å². The van der Waals surface area contributed by atoms with Crippen molar-refractivity contribution < 1.29 is 8.78 Å². The summed E-state index contributed by atoms with van der Waals surface area (Å²) < 4.78 is 27.7. The van der Waals surface area contributed by atoms with Crippen molar-refractivity contribution in [3.05, 3.63) is 51.7 Å². The second-order valence-corrected chi connectivity index (χ2v) is 4.49. The minimum Gasteiger partial charge on any atom is -0.281 e. The minimum absolute atomic E-state index is 0.00940. The number of nitrogens with one attached hydrogen (secondary N) is 1.